The third-order valence-electron chi connectivity index (χ3n) is 4.24. The Kier molecular flexibility index (Phi) is 4.55. The lowest BCUT2D eigenvalue weighted by Crippen LogP contribution is -2.25. The van der Waals surface area contributed by atoms with E-state index in [0.29, 0.717) is 23.6 Å². The standard InChI is InChI=1S/C20H19N3O3/c24-20(16-7-8-17-18(13-16)26-14-25-17)22-9-4-11-23-12-10-21-19(23)15-5-2-1-3-6-15/h1-3,5-8,10,12-13H,4,9,11,14H2,(H,22,24). The number of imidazole rings is 1. The topological polar surface area (TPSA) is 65.4 Å². The first-order chi connectivity index (χ1) is 12.8. The first-order valence-electron chi connectivity index (χ1n) is 8.56. The van der Waals surface area contributed by atoms with Gasteiger partial charge >= 0.3 is 0 Å². The fraction of sp³-hybridized carbons (Fsp3) is 0.200. The van der Waals surface area contributed by atoms with Crippen molar-refractivity contribution in [2.75, 3.05) is 13.3 Å². The molecule has 6 nitrogen and oxygen atoms in total. The van der Waals surface area contributed by atoms with Gasteiger partial charge in [-0.1, -0.05) is 30.3 Å². The normalized spacial score (nSPS) is 12.2. The van der Waals surface area contributed by atoms with Gasteiger partial charge in [-0.3, -0.25) is 4.79 Å². The van der Waals surface area contributed by atoms with E-state index in [4.69, 9.17) is 9.47 Å². The summed E-state index contributed by atoms with van der Waals surface area (Å²) < 4.78 is 12.7. The van der Waals surface area contributed by atoms with E-state index in [1.165, 1.54) is 0 Å². The molecule has 132 valence electrons. The van der Waals surface area contributed by atoms with Gasteiger partial charge in [-0.2, -0.15) is 0 Å². The van der Waals surface area contributed by atoms with Crippen LogP contribution in [0.2, 0.25) is 0 Å². The molecule has 26 heavy (non-hydrogen) atoms. The summed E-state index contributed by atoms with van der Waals surface area (Å²) in [5, 5.41) is 2.94. The molecule has 0 atom stereocenters. The third kappa shape index (κ3) is 3.39. The number of nitrogens with zero attached hydrogens (tertiary/aromatic N) is 2. The maximum absolute atomic E-state index is 12.3. The number of carbonyl (C=O) groups is 1. The van der Waals surface area contributed by atoms with Crippen molar-refractivity contribution in [1.82, 2.24) is 14.9 Å². The van der Waals surface area contributed by atoms with E-state index in [2.05, 4.69) is 14.9 Å². The zero-order valence-corrected chi connectivity index (χ0v) is 14.2. The Bertz CT molecular complexity index is 906. The van der Waals surface area contributed by atoms with Crippen molar-refractivity contribution >= 4 is 5.91 Å². The average Bonchev–Trinajstić information content (AvgIpc) is 3.34. The monoisotopic (exact) mass is 349 g/mol. The van der Waals surface area contributed by atoms with Crippen LogP contribution in [0.25, 0.3) is 11.4 Å². The van der Waals surface area contributed by atoms with Gasteiger partial charge in [0.2, 0.25) is 6.79 Å². The summed E-state index contributed by atoms with van der Waals surface area (Å²) in [7, 11) is 0. The molecule has 0 bridgehead atoms. The van der Waals surface area contributed by atoms with Crippen LogP contribution < -0.4 is 14.8 Å². The second kappa shape index (κ2) is 7.31. The van der Waals surface area contributed by atoms with Crippen LogP contribution >= 0.6 is 0 Å². The number of amides is 1. The number of hydrogen-bond donors (Lipinski definition) is 1. The van der Waals surface area contributed by atoms with Crippen LogP contribution in [-0.4, -0.2) is 28.8 Å². The number of rotatable bonds is 6. The molecule has 2 aromatic carbocycles. The quantitative estimate of drug-likeness (QED) is 0.695. The Morgan fingerprint density at radius 3 is 2.85 bits per heavy atom. The molecular formula is C20H19N3O3. The highest BCUT2D eigenvalue weighted by molar-refractivity contribution is 5.94. The molecule has 0 unspecified atom stereocenters. The Morgan fingerprint density at radius 2 is 1.96 bits per heavy atom. The lowest BCUT2D eigenvalue weighted by atomic mass is 10.2. The molecule has 0 fully saturated rings. The summed E-state index contributed by atoms with van der Waals surface area (Å²) in [6.07, 6.45) is 4.57. The van der Waals surface area contributed by atoms with Gasteiger partial charge in [0.05, 0.1) is 0 Å². The lowest BCUT2D eigenvalue weighted by molar-refractivity contribution is 0.0952. The fourth-order valence-corrected chi connectivity index (χ4v) is 2.93. The van der Waals surface area contributed by atoms with Gasteiger partial charge in [0.25, 0.3) is 5.91 Å². The van der Waals surface area contributed by atoms with Gasteiger partial charge < -0.3 is 19.4 Å². The number of benzene rings is 2. The predicted molar refractivity (Wildman–Crippen MR) is 97.2 cm³/mol. The molecule has 2 heterocycles. The molecule has 0 saturated carbocycles. The molecule has 1 aliphatic heterocycles. The van der Waals surface area contributed by atoms with Crippen LogP contribution in [-0.2, 0) is 6.54 Å². The number of hydrogen-bond acceptors (Lipinski definition) is 4. The minimum absolute atomic E-state index is 0.114. The molecular weight excluding hydrogens is 330 g/mol. The number of aromatic nitrogens is 2. The van der Waals surface area contributed by atoms with Crippen molar-refractivity contribution in [3.05, 3.63) is 66.5 Å². The molecule has 1 amide bonds. The van der Waals surface area contributed by atoms with E-state index in [1.54, 1.807) is 24.4 Å². The van der Waals surface area contributed by atoms with Crippen LogP contribution in [0.5, 0.6) is 11.5 Å². The highest BCUT2D eigenvalue weighted by Crippen LogP contribution is 2.32. The average molecular weight is 349 g/mol. The van der Waals surface area contributed by atoms with E-state index in [0.717, 1.165) is 24.4 Å². The highest BCUT2D eigenvalue weighted by atomic mass is 16.7. The number of carbonyl (C=O) groups excluding carboxylic acids is 1. The number of ether oxygens (including phenoxy) is 2. The first-order valence-corrected chi connectivity index (χ1v) is 8.56. The smallest absolute Gasteiger partial charge is 0.251 e. The number of aryl methyl sites for hydroxylation is 1. The minimum Gasteiger partial charge on any atom is -0.454 e. The van der Waals surface area contributed by atoms with Crippen LogP contribution in [0, 0.1) is 0 Å². The molecule has 0 radical (unpaired) electrons. The predicted octanol–water partition coefficient (Wildman–Crippen LogP) is 3.10. The number of fused-ring (bicyclic) bond motifs is 1. The summed E-state index contributed by atoms with van der Waals surface area (Å²) in [6, 6.07) is 15.3. The van der Waals surface area contributed by atoms with Crippen molar-refractivity contribution in [2.45, 2.75) is 13.0 Å². The zero-order valence-electron chi connectivity index (χ0n) is 14.2. The Labute approximate surface area is 151 Å². The van der Waals surface area contributed by atoms with Crippen LogP contribution in [0.1, 0.15) is 16.8 Å². The highest BCUT2D eigenvalue weighted by Gasteiger charge is 2.16. The van der Waals surface area contributed by atoms with E-state index in [-0.39, 0.29) is 12.7 Å². The zero-order chi connectivity index (χ0) is 17.8. The maximum Gasteiger partial charge on any atom is 0.251 e. The molecule has 1 aliphatic rings. The Hall–Kier alpha value is -3.28. The van der Waals surface area contributed by atoms with Gasteiger partial charge in [0.1, 0.15) is 5.82 Å². The molecule has 0 spiro atoms. The van der Waals surface area contributed by atoms with E-state index < -0.39 is 0 Å². The molecule has 6 heteroatoms. The first kappa shape index (κ1) is 16.2. The summed E-state index contributed by atoms with van der Waals surface area (Å²) >= 11 is 0. The van der Waals surface area contributed by atoms with Crippen molar-refractivity contribution < 1.29 is 14.3 Å². The minimum atomic E-state index is -0.114. The molecule has 1 aromatic heterocycles. The maximum atomic E-state index is 12.3. The third-order valence-corrected chi connectivity index (χ3v) is 4.24. The van der Waals surface area contributed by atoms with Crippen molar-refractivity contribution in [3.8, 4) is 22.9 Å². The Morgan fingerprint density at radius 1 is 1.12 bits per heavy atom. The molecule has 0 aliphatic carbocycles. The van der Waals surface area contributed by atoms with Gasteiger partial charge in [-0.25, -0.2) is 4.98 Å². The van der Waals surface area contributed by atoms with Crippen LogP contribution in [0.15, 0.2) is 60.9 Å². The van der Waals surface area contributed by atoms with E-state index in [1.807, 2.05) is 36.5 Å². The van der Waals surface area contributed by atoms with Crippen LogP contribution in [0.3, 0.4) is 0 Å². The Balaban J connectivity index is 1.31. The van der Waals surface area contributed by atoms with Gasteiger partial charge in [0, 0.05) is 36.6 Å². The van der Waals surface area contributed by atoms with E-state index >= 15 is 0 Å². The molecule has 4 rings (SSSR count). The molecule has 1 N–H and O–H groups in total. The van der Waals surface area contributed by atoms with E-state index in [9.17, 15) is 4.79 Å². The second-order valence-electron chi connectivity index (χ2n) is 5.99. The largest absolute Gasteiger partial charge is 0.454 e. The van der Waals surface area contributed by atoms with Crippen molar-refractivity contribution in [1.29, 1.82) is 0 Å². The van der Waals surface area contributed by atoms with Crippen molar-refractivity contribution in [2.24, 2.45) is 0 Å². The van der Waals surface area contributed by atoms with Gasteiger partial charge in [-0.05, 0) is 24.6 Å². The summed E-state index contributed by atoms with van der Waals surface area (Å²) in [4.78, 5) is 16.7. The fourth-order valence-electron chi connectivity index (χ4n) is 2.93. The molecule has 3 aromatic rings. The SMILES string of the molecule is O=C(NCCCn1ccnc1-c1ccccc1)c1ccc2c(c1)OCO2. The lowest BCUT2D eigenvalue weighted by Gasteiger charge is -2.09. The summed E-state index contributed by atoms with van der Waals surface area (Å²) in [5.41, 5.74) is 1.66. The van der Waals surface area contributed by atoms with Crippen molar-refractivity contribution in [3.63, 3.8) is 0 Å². The molecule has 0 saturated heterocycles. The second-order valence-corrected chi connectivity index (χ2v) is 5.99. The summed E-state index contributed by atoms with van der Waals surface area (Å²) in [5.74, 6) is 2.11. The summed E-state index contributed by atoms with van der Waals surface area (Å²) in [6.45, 7) is 1.57. The van der Waals surface area contributed by atoms with Gasteiger partial charge in [0.15, 0.2) is 11.5 Å². The van der Waals surface area contributed by atoms with Gasteiger partial charge in [-0.15, -0.1) is 0 Å². The van der Waals surface area contributed by atoms with Crippen LogP contribution in [0.4, 0.5) is 0 Å². The number of nitrogens with one attached hydrogen (secondary N) is 1.